The van der Waals surface area contributed by atoms with Crippen LogP contribution >= 0.6 is 0 Å². The first-order valence-corrected chi connectivity index (χ1v) is 11.0. The molecule has 1 amide bonds. The molecule has 4 rings (SSSR count). The Morgan fingerprint density at radius 2 is 1.55 bits per heavy atom. The molecule has 0 aromatic heterocycles. The lowest BCUT2D eigenvalue weighted by molar-refractivity contribution is -0.127. The van der Waals surface area contributed by atoms with Gasteiger partial charge in [-0.15, -0.1) is 0 Å². The van der Waals surface area contributed by atoms with Crippen molar-refractivity contribution in [3.05, 3.63) is 107 Å². The van der Waals surface area contributed by atoms with Gasteiger partial charge in [0.1, 0.15) is 5.82 Å². The molecule has 1 aliphatic rings. The number of carbonyl (C=O) groups is 1. The molecule has 0 bridgehead atoms. The Bertz CT molecular complexity index is 960. The number of amides is 1. The van der Waals surface area contributed by atoms with Crippen molar-refractivity contribution in [3.63, 3.8) is 0 Å². The first-order chi connectivity index (χ1) is 15.2. The van der Waals surface area contributed by atoms with E-state index in [4.69, 9.17) is 0 Å². The number of hydrogen-bond acceptors (Lipinski definition) is 2. The van der Waals surface area contributed by atoms with Gasteiger partial charge in [0.25, 0.3) is 0 Å². The zero-order chi connectivity index (χ0) is 21.5. The Hall–Kier alpha value is -2.98. The lowest BCUT2D eigenvalue weighted by Gasteiger charge is -2.39. The third-order valence-electron chi connectivity index (χ3n) is 6.09. The Morgan fingerprint density at radius 1 is 0.871 bits per heavy atom. The van der Waals surface area contributed by atoms with Crippen LogP contribution in [0.2, 0.25) is 0 Å². The third kappa shape index (κ3) is 5.80. The predicted octanol–water partition coefficient (Wildman–Crippen LogP) is 5.14. The van der Waals surface area contributed by atoms with Crippen molar-refractivity contribution >= 4 is 5.91 Å². The molecule has 3 aromatic carbocycles. The Balaban J connectivity index is 1.41. The second kappa shape index (κ2) is 10.4. The fraction of sp³-hybridized carbons (Fsp3) is 0.296. The number of nitrogens with zero attached hydrogens (tertiary/aromatic N) is 1. The van der Waals surface area contributed by atoms with Gasteiger partial charge in [-0.05, 0) is 48.1 Å². The molecule has 0 spiro atoms. The van der Waals surface area contributed by atoms with E-state index in [1.165, 1.54) is 23.3 Å². The summed E-state index contributed by atoms with van der Waals surface area (Å²) in [5.41, 5.74) is 3.56. The number of nitrogens with one attached hydrogen (secondary N) is 1. The van der Waals surface area contributed by atoms with Crippen molar-refractivity contribution in [2.45, 2.75) is 31.8 Å². The molecule has 2 atom stereocenters. The molecule has 0 saturated carbocycles. The van der Waals surface area contributed by atoms with Crippen LogP contribution in [-0.2, 0) is 17.8 Å². The van der Waals surface area contributed by atoms with Crippen molar-refractivity contribution < 1.29 is 9.18 Å². The monoisotopic (exact) mass is 416 g/mol. The summed E-state index contributed by atoms with van der Waals surface area (Å²) in [5.74, 6) is -0.125. The van der Waals surface area contributed by atoms with Gasteiger partial charge in [0.15, 0.2) is 0 Å². The quantitative estimate of drug-likeness (QED) is 0.579. The molecule has 160 valence electrons. The van der Waals surface area contributed by atoms with Crippen molar-refractivity contribution in [3.8, 4) is 0 Å². The molecule has 1 N–H and O–H groups in total. The molecule has 0 radical (unpaired) electrons. The molecule has 1 aliphatic heterocycles. The van der Waals surface area contributed by atoms with Crippen LogP contribution in [0.1, 0.15) is 35.6 Å². The lowest BCUT2D eigenvalue weighted by Crippen LogP contribution is -2.44. The number of hydrogen-bond donors (Lipinski definition) is 1. The standard InChI is InChI=1S/C27H29FN2O/c28-25-14-11-22(12-15-25)19-30-20-24(13-16-26(30)23-9-5-2-6-10-23)27(31)29-18-17-21-7-3-1-4-8-21/h1-12,14-15,24,26H,13,16-20H2,(H,29,31)/t24-,26-/m0/s1. The normalized spacial score (nSPS) is 19.1. The van der Waals surface area contributed by atoms with E-state index in [2.05, 4.69) is 46.6 Å². The smallest absolute Gasteiger partial charge is 0.224 e. The van der Waals surface area contributed by atoms with Gasteiger partial charge in [0.05, 0.1) is 5.92 Å². The maximum atomic E-state index is 13.3. The summed E-state index contributed by atoms with van der Waals surface area (Å²) in [6.45, 7) is 2.06. The van der Waals surface area contributed by atoms with Gasteiger partial charge in [0, 0.05) is 25.7 Å². The van der Waals surface area contributed by atoms with E-state index in [1.807, 2.05) is 36.4 Å². The van der Waals surface area contributed by atoms with Crippen LogP contribution in [0.4, 0.5) is 4.39 Å². The number of benzene rings is 3. The van der Waals surface area contributed by atoms with Crippen LogP contribution < -0.4 is 5.32 Å². The molecular weight excluding hydrogens is 387 g/mol. The van der Waals surface area contributed by atoms with E-state index in [0.717, 1.165) is 24.8 Å². The summed E-state index contributed by atoms with van der Waals surface area (Å²) in [6.07, 6.45) is 2.64. The Kier molecular flexibility index (Phi) is 7.11. The van der Waals surface area contributed by atoms with Gasteiger partial charge in [-0.1, -0.05) is 72.8 Å². The van der Waals surface area contributed by atoms with E-state index in [9.17, 15) is 9.18 Å². The maximum absolute atomic E-state index is 13.3. The SMILES string of the molecule is O=C(NCCc1ccccc1)[C@H]1CC[C@@H](c2ccccc2)N(Cc2ccc(F)cc2)C1. The van der Waals surface area contributed by atoms with Crippen LogP contribution in [0.25, 0.3) is 0 Å². The van der Waals surface area contributed by atoms with E-state index in [1.54, 1.807) is 0 Å². The van der Waals surface area contributed by atoms with Crippen LogP contribution in [0, 0.1) is 11.7 Å². The Labute approximate surface area is 183 Å². The summed E-state index contributed by atoms with van der Waals surface area (Å²) in [6, 6.07) is 27.6. The number of likely N-dealkylation sites (tertiary alicyclic amines) is 1. The molecule has 0 unspecified atom stereocenters. The first-order valence-electron chi connectivity index (χ1n) is 11.0. The van der Waals surface area contributed by atoms with Crippen LogP contribution in [0.5, 0.6) is 0 Å². The van der Waals surface area contributed by atoms with Gasteiger partial charge in [-0.2, -0.15) is 0 Å². The summed E-state index contributed by atoms with van der Waals surface area (Å²) < 4.78 is 13.3. The van der Waals surface area contributed by atoms with Crippen LogP contribution in [0.3, 0.4) is 0 Å². The largest absolute Gasteiger partial charge is 0.355 e. The van der Waals surface area contributed by atoms with Gasteiger partial charge in [0.2, 0.25) is 5.91 Å². The zero-order valence-corrected chi connectivity index (χ0v) is 17.7. The second-order valence-electron chi connectivity index (χ2n) is 8.28. The Morgan fingerprint density at radius 3 is 2.26 bits per heavy atom. The molecule has 0 aliphatic carbocycles. The second-order valence-corrected chi connectivity index (χ2v) is 8.28. The summed E-state index contributed by atoms with van der Waals surface area (Å²) in [7, 11) is 0. The first kappa shape index (κ1) is 21.3. The fourth-order valence-corrected chi connectivity index (χ4v) is 4.43. The molecule has 4 heteroatoms. The highest BCUT2D eigenvalue weighted by Gasteiger charge is 2.32. The van der Waals surface area contributed by atoms with Crippen molar-refractivity contribution in [1.29, 1.82) is 0 Å². The lowest BCUT2D eigenvalue weighted by atomic mass is 9.88. The highest BCUT2D eigenvalue weighted by molar-refractivity contribution is 5.79. The highest BCUT2D eigenvalue weighted by Crippen LogP contribution is 2.34. The zero-order valence-electron chi connectivity index (χ0n) is 17.7. The average molecular weight is 417 g/mol. The minimum atomic E-state index is -0.224. The number of rotatable bonds is 7. The van der Waals surface area contributed by atoms with Gasteiger partial charge in [-0.3, -0.25) is 9.69 Å². The highest BCUT2D eigenvalue weighted by atomic mass is 19.1. The maximum Gasteiger partial charge on any atom is 0.224 e. The summed E-state index contributed by atoms with van der Waals surface area (Å²) in [4.78, 5) is 15.3. The molecule has 1 heterocycles. The van der Waals surface area contributed by atoms with E-state index in [0.29, 0.717) is 19.6 Å². The van der Waals surface area contributed by atoms with Gasteiger partial charge < -0.3 is 5.32 Å². The van der Waals surface area contributed by atoms with Gasteiger partial charge >= 0.3 is 0 Å². The van der Waals surface area contributed by atoms with Crippen molar-refractivity contribution in [2.75, 3.05) is 13.1 Å². The molecule has 1 saturated heterocycles. The van der Waals surface area contributed by atoms with Gasteiger partial charge in [-0.25, -0.2) is 4.39 Å². The minimum Gasteiger partial charge on any atom is -0.355 e. The van der Waals surface area contributed by atoms with Crippen LogP contribution in [0.15, 0.2) is 84.9 Å². The van der Waals surface area contributed by atoms with Crippen LogP contribution in [-0.4, -0.2) is 23.9 Å². The summed E-state index contributed by atoms with van der Waals surface area (Å²) in [5, 5.41) is 3.13. The third-order valence-corrected chi connectivity index (χ3v) is 6.09. The topological polar surface area (TPSA) is 32.3 Å². The van der Waals surface area contributed by atoms with E-state index >= 15 is 0 Å². The fourth-order valence-electron chi connectivity index (χ4n) is 4.43. The minimum absolute atomic E-state index is 0.0313. The molecule has 1 fully saturated rings. The average Bonchev–Trinajstić information content (AvgIpc) is 2.82. The van der Waals surface area contributed by atoms with Crippen molar-refractivity contribution in [1.82, 2.24) is 10.2 Å². The molecule has 31 heavy (non-hydrogen) atoms. The molecular formula is C27H29FN2O. The predicted molar refractivity (Wildman–Crippen MR) is 122 cm³/mol. The number of halogens is 1. The number of carbonyl (C=O) groups excluding carboxylic acids is 1. The molecule has 3 nitrogen and oxygen atoms in total. The van der Waals surface area contributed by atoms with E-state index < -0.39 is 0 Å². The number of piperidine rings is 1. The van der Waals surface area contributed by atoms with Crippen molar-refractivity contribution in [2.24, 2.45) is 5.92 Å². The van der Waals surface area contributed by atoms with E-state index in [-0.39, 0.29) is 23.7 Å². The summed E-state index contributed by atoms with van der Waals surface area (Å²) >= 11 is 0. The molecule has 3 aromatic rings.